The SMILES string of the molecule is Cc1nn(CC(=O)Nc2cc(C)n(Cc3ccccc3)n2)cc1Cl. The molecule has 0 spiro atoms. The Bertz CT molecular complexity index is 834. The van der Waals surface area contributed by atoms with Crippen molar-refractivity contribution in [3.63, 3.8) is 0 Å². The highest BCUT2D eigenvalue weighted by Crippen LogP contribution is 2.13. The molecule has 0 aliphatic heterocycles. The number of amides is 1. The first-order valence-electron chi connectivity index (χ1n) is 7.59. The maximum atomic E-state index is 12.1. The highest BCUT2D eigenvalue weighted by atomic mass is 35.5. The Kier molecular flexibility index (Phi) is 4.66. The van der Waals surface area contributed by atoms with Gasteiger partial charge in [-0.2, -0.15) is 10.2 Å². The molecule has 2 heterocycles. The third-order valence-electron chi connectivity index (χ3n) is 3.62. The summed E-state index contributed by atoms with van der Waals surface area (Å²) in [6.07, 6.45) is 1.63. The lowest BCUT2D eigenvalue weighted by Gasteiger charge is -2.04. The standard InChI is InChI=1S/C17H18ClN5O/c1-12-8-16(21-23(12)9-14-6-4-3-5-7-14)19-17(24)11-22-10-15(18)13(2)20-22/h3-8,10H,9,11H2,1-2H3,(H,19,21,24). The molecule has 6 nitrogen and oxygen atoms in total. The molecule has 7 heteroatoms. The fraction of sp³-hybridized carbons (Fsp3) is 0.235. The second-order valence-corrected chi connectivity index (χ2v) is 6.03. The van der Waals surface area contributed by atoms with Gasteiger partial charge in [0.25, 0.3) is 0 Å². The van der Waals surface area contributed by atoms with Gasteiger partial charge < -0.3 is 5.32 Å². The number of nitrogens with zero attached hydrogens (tertiary/aromatic N) is 4. The fourth-order valence-corrected chi connectivity index (χ4v) is 2.54. The fourth-order valence-electron chi connectivity index (χ4n) is 2.39. The van der Waals surface area contributed by atoms with Crippen LogP contribution in [-0.4, -0.2) is 25.5 Å². The molecule has 1 N–H and O–H groups in total. The van der Waals surface area contributed by atoms with Gasteiger partial charge in [-0.05, 0) is 19.4 Å². The van der Waals surface area contributed by atoms with Crippen LogP contribution < -0.4 is 5.32 Å². The Morgan fingerprint density at radius 1 is 1.21 bits per heavy atom. The lowest BCUT2D eigenvalue weighted by Crippen LogP contribution is -2.19. The van der Waals surface area contributed by atoms with Gasteiger partial charge in [0, 0.05) is 18.0 Å². The van der Waals surface area contributed by atoms with Gasteiger partial charge in [0.1, 0.15) is 6.54 Å². The number of aryl methyl sites for hydroxylation is 2. The van der Waals surface area contributed by atoms with Crippen LogP contribution in [0.15, 0.2) is 42.6 Å². The van der Waals surface area contributed by atoms with E-state index >= 15 is 0 Å². The summed E-state index contributed by atoms with van der Waals surface area (Å²) in [6.45, 7) is 4.52. The van der Waals surface area contributed by atoms with Crippen LogP contribution in [0.5, 0.6) is 0 Å². The highest BCUT2D eigenvalue weighted by molar-refractivity contribution is 6.31. The first-order chi connectivity index (χ1) is 11.5. The van der Waals surface area contributed by atoms with Crippen molar-refractivity contribution in [2.24, 2.45) is 0 Å². The number of hydrogen-bond acceptors (Lipinski definition) is 3. The zero-order chi connectivity index (χ0) is 17.1. The van der Waals surface area contributed by atoms with Gasteiger partial charge in [-0.25, -0.2) is 0 Å². The zero-order valence-corrected chi connectivity index (χ0v) is 14.3. The summed E-state index contributed by atoms with van der Waals surface area (Å²) in [5.41, 5.74) is 2.84. The first-order valence-corrected chi connectivity index (χ1v) is 7.97. The van der Waals surface area contributed by atoms with Gasteiger partial charge in [0.15, 0.2) is 5.82 Å². The van der Waals surface area contributed by atoms with Crippen molar-refractivity contribution in [2.45, 2.75) is 26.9 Å². The molecule has 0 saturated carbocycles. The van der Waals surface area contributed by atoms with Gasteiger partial charge in [-0.1, -0.05) is 41.9 Å². The molecule has 0 aliphatic carbocycles. The van der Waals surface area contributed by atoms with Crippen LogP contribution in [0.1, 0.15) is 17.0 Å². The number of halogens is 1. The van der Waals surface area contributed by atoms with E-state index in [1.165, 1.54) is 4.68 Å². The van der Waals surface area contributed by atoms with Crippen LogP contribution in [0.25, 0.3) is 0 Å². The number of aromatic nitrogens is 4. The minimum atomic E-state index is -0.196. The van der Waals surface area contributed by atoms with Crippen LogP contribution in [0.4, 0.5) is 5.82 Å². The molecule has 0 atom stereocenters. The molecule has 1 amide bonds. The third-order valence-corrected chi connectivity index (χ3v) is 3.99. The van der Waals surface area contributed by atoms with E-state index in [1.54, 1.807) is 13.1 Å². The van der Waals surface area contributed by atoms with Crippen LogP contribution in [-0.2, 0) is 17.9 Å². The summed E-state index contributed by atoms with van der Waals surface area (Å²) in [6, 6.07) is 11.9. The summed E-state index contributed by atoms with van der Waals surface area (Å²) < 4.78 is 3.38. The van der Waals surface area contributed by atoms with Crippen molar-refractivity contribution in [3.05, 3.63) is 64.6 Å². The predicted octanol–water partition coefficient (Wildman–Crippen LogP) is 3.04. The molecule has 24 heavy (non-hydrogen) atoms. The second kappa shape index (κ2) is 6.88. The molecule has 0 fully saturated rings. The number of carbonyl (C=O) groups excluding carboxylic acids is 1. The number of benzene rings is 1. The van der Waals surface area contributed by atoms with E-state index < -0.39 is 0 Å². The largest absolute Gasteiger partial charge is 0.308 e. The number of hydrogen-bond donors (Lipinski definition) is 1. The van der Waals surface area contributed by atoms with Gasteiger partial charge in [0.05, 0.1) is 17.3 Å². The van der Waals surface area contributed by atoms with E-state index in [9.17, 15) is 4.79 Å². The van der Waals surface area contributed by atoms with Gasteiger partial charge >= 0.3 is 0 Å². The van der Waals surface area contributed by atoms with Crippen LogP contribution >= 0.6 is 11.6 Å². The molecule has 124 valence electrons. The minimum Gasteiger partial charge on any atom is -0.308 e. The lowest BCUT2D eigenvalue weighted by molar-refractivity contribution is -0.116. The van der Waals surface area contributed by atoms with Gasteiger partial charge in [-0.3, -0.25) is 14.2 Å². The van der Waals surface area contributed by atoms with E-state index in [2.05, 4.69) is 15.5 Å². The second-order valence-electron chi connectivity index (χ2n) is 5.62. The molecule has 0 saturated heterocycles. The Balaban J connectivity index is 1.65. The molecule has 2 aromatic heterocycles. The third kappa shape index (κ3) is 3.83. The van der Waals surface area contributed by atoms with E-state index in [0.29, 0.717) is 23.1 Å². The molecule has 3 aromatic rings. The van der Waals surface area contributed by atoms with Crippen LogP contribution in [0, 0.1) is 13.8 Å². The average Bonchev–Trinajstić information content (AvgIpc) is 3.02. The van der Waals surface area contributed by atoms with Crippen molar-refractivity contribution in [1.29, 1.82) is 0 Å². The highest BCUT2D eigenvalue weighted by Gasteiger charge is 2.10. The normalized spacial score (nSPS) is 10.8. The maximum Gasteiger partial charge on any atom is 0.247 e. The number of carbonyl (C=O) groups is 1. The van der Waals surface area contributed by atoms with Crippen molar-refractivity contribution < 1.29 is 4.79 Å². The predicted molar refractivity (Wildman–Crippen MR) is 93.1 cm³/mol. The van der Waals surface area contributed by atoms with E-state index in [4.69, 9.17) is 11.6 Å². The molecule has 0 aliphatic rings. The van der Waals surface area contributed by atoms with Gasteiger partial charge in [0.2, 0.25) is 5.91 Å². The van der Waals surface area contributed by atoms with E-state index in [1.807, 2.05) is 48.0 Å². The summed E-state index contributed by atoms with van der Waals surface area (Å²) in [4.78, 5) is 12.1. The van der Waals surface area contributed by atoms with Gasteiger partial charge in [-0.15, -0.1) is 0 Å². The Morgan fingerprint density at radius 2 is 1.96 bits per heavy atom. The molecule has 1 aromatic carbocycles. The molecular formula is C17H18ClN5O. The minimum absolute atomic E-state index is 0.0954. The Morgan fingerprint density at radius 3 is 2.62 bits per heavy atom. The smallest absolute Gasteiger partial charge is 0.247 e. The summed E-state index contributed by atoms with van der Waals surface area (Å²) >= 11 is 5.94. The van der Waals surface area contributed by atoms with E-state index in [0.717, 1.165) is 11.3 Å². The van der Waals surface area contributed by atoms with Crippen molar-refractivity contribution in [3.8, 4) is 0 Å². The Labute approximate surface area is 145 Å². The van der Waals surface area contributed by atoms with Crippen molar-refractivity contribution in [2.75, 3.05) is 5.32 Å². The molecule has 0 bridgehead atoms. The molecule has 0 radical (unpaired) electrons. The lowest BCUT2D eigenvalue weighted by atomic mass is 10.2. The molecular weight excluding hydrogens is 326 g/mol. The summed E-state index contributed by atoms with van der Waals surface area (Å²) in [5.74, 6) is 0.335. The van der Waals surface area contributed by atoms with Crippen LogP contribution in [0.2, 0.25) is 5.02 Å². The monoisotopic (exact) mass is 343 g/mol. The maximum absolute atomic E-state index is 12.1. The van der Waals surface area contributed by atoms with E-state index in [-0.39, 0.29) is 12.5 Å². The van der Waals surface area contributed by atoms with Crippen molar-refractivity contribution in [1.82, 2.24) is 19.6 Å². The number of rotatable bonds is 5. The zero-order valence-electron chi connectivity index (χ0n) is 13.5. The van der Waals surface area contributed by atoms with Crippen molar-refractivity contribution >= 4 is 23.3 Å². The topological polar surface area (TPSA) is 64.7 Å². The Hall–Kier alpha value is -2.60. The summed E-state index contributed by atoms with van der Waals surface area (Å²) in [5, 5.41) is 11.9. The molecule has 0 unspecified atom stereocenters. The first kappa shape index (κ1) is 16.3. The average molecular weight is 344 g/mol. The molecule has 3 rings (SSSR count). The quantitative estimate of drug-likeness (QED) is 0.774. The number of anilines is 1. The number of nitrogens with one attached hydrogen (secondary N) is 1. The van der Waals surface area contributed by atoms with Crippen LogP contribution in [0.3, 0.4) is 0 Å². The summed E-state index contributed by atoms with van der Waals surface area (Å²) in [7, 11) is 0.